The first kappa shape index (κ1) is 22.0. The van der Waals surface area contributed by atoms with Crippen LogP contribution in [-0.2, 0) is 4.74 Å². The molecule has 3 atom stereocenters. The number of fused-ring (bicyclic) bond motifs is 1. The van der Waals surface area contributed by atoms with Crippen LogP contribution in [0.5, 0.6) is 5.75 Å². The van der Waals surface area contributed by atoms with E-state index in [4.69, 9.17) is 44.3 Å². The van der Waals surface area contributed by atoms with Crippen molar-refractivity contribution in [2.45, 2.75) is 48.2 Å². The van der Waals surface area contributed by atoms with Crippen molar-refractivity contribution >= 4 is 40.7 Å². The average molecular weight is 450 g/mol. The molecule has 2 saturated heterocycles. The highest BCUT2D eigenvalue weighted by Gasteiger charge is 2.38. The predicted molar refractivity (Wildman–Crippen MR) is 112 cm³/mol. The van der Waals surface area contributed by atoms with Gasteiger partial charge in [0.25, 0.3) is 5.91 Å². The summed E-state index contributed by atoms with van der Waals surface area (Å²) in [5.41, 5.74) is 0.444. The molecule has 0 aliphatic carbocycles. The first-order valence-corrected chi connectivity index (χ1v) is 10.9. The second-order valence-corrected chi connectivity index (χ2v) is 9.83. The topological polar surface area (TPSA) is 50.8 Å². The van der Waals surface area contributed by atoms with Crippen molar-refractivity contribution in [1.82, 2.24) is 10.2 Å². The maximum absolute atomic E-state index is 12.6. The molecule has 1 N–H and O–H groups in total. The number of alkyl halides is 3. The van der Waals surface area contributed by atoms with Gasteiger partial charge in [0.1, 0.15) is 5.75 Å². The molecule has 1 aromatic rings. The molecule has 1 aromatic carbocycles. The molecular formula is C20H27Cl3N2O3. The fourth-order valence-corrected chi connectivity index (χ4v) is 4.51. The van der Waals surface area contributed by atoms with Crippen LogP contribution >= 0.6 is 34.8 Å². The standard InChI is InChI=1S/C20H27Cl3N2O3/c1-27-16-9-7-14(8-10-16)18(26)24-19(20(21,22)23)28-13-15-5-4-12-25-11-3-2-6-17(15)25/h7-10,15,17,19H,2-6,11-13H2,1H3,(H,24,26)/t15-,17+,19+/m0/s1. The number of hydrogen-bond donors (Lipinski definition) is 1. The number of benzene rings is 1. The summed E-state index contributed by atoms with van der Waals surface area (Å²) in [6.45, 7) is 2.77. The highest BCUT2D eigenvalue weighted by Crippen LogP contribution is 2.34. The van der Waals surface area contributed by atoms with Gasteiger partial charge in [0.05, 0.1) is 13.7 Å². The third-order valence-corrected chi connectivity index (χ3v) is 6.21. The van der Waals surface area contributed by atoms with E-state index in [9.17, 15) is 4.79 Å². The summed E-state index contributed by atoms with van der Waals surface area (Å²) in [6.07, 6.45) is 4.93. The highest BCUT2D eigenvalue weighted by atomic mass is 35.6. The number of halogens is 3. The van der Waals surface area contributed by atoms with Crippen LogP contribution in [0.1, 0.15) is 42.5 Å². The maximum atomic E-state index is 12.6. The first-order chi connectivity index (χ1) is 13.4. The van der Waals surface area contributed by atoms with Crippen molar-refractivity contribution in [3.05, 3.63) is 29.8 Å². The van der Waals surface area contributed by atoms with Gasteiger partial charge in [-0.3, -0.25) is 4.79 Å². The molecule has 0 bridgehead atoms. The second-order valence-electron chi connectivity index (χ2n) is 7.46. The predicted octanol–water partition coefficient (Wildman–Crippen LogP) is 4.40. The molecule has 8 heteroatoms. The largest absolute Gasteiger partial charge is 0.497 e. The molecule has 2 heterocycles. The number of ether oxygens (including phenoxy) is 2. The molecule has 2 fully saturated rings. The molecule has 28 heavy (non-hydrogen) atoms. The normalized spacial score (nSPS) is 24.3. The maximum Gasteiger partial charge on any atom is 0.253 e. The van der Waals surface area contributed by atoms with Gasteiger partial charge in [-0.05, 0) is 69.0 Å². The summed E-state index contributed by atoms with van der Waals surface area (Å²) in [5, 5.41) is 2.71. The van der Waals surface area contributed by atoms with Gasteiger partial charge in [-0.15, -0.1) is 0 Å². The minimum atomic E-state index is -1.76. The van der Waals surface area contributed by atoms with Crippen LogP contribution in [-0.4, -0.2) is 53.7 Å². The SMILES string of the molecule is COc1ccc(C(=O)N[C@H](OC[C@@H]2CCCN3CCCC[C@H]23)C(Cl)(Cl)Cl)cc1. The Morgan fingerprint density at radius 2 is 1.89 bits per heavy atom. The van der Waals surface area contributed by atoms with E-state index in [-0.39, 0.29) is 5.91 Å². The van der Waals surface area contributed by atoms with E-state index >= 15 is 0 Å². The van der Waals surface area contributed by atoms with E-state index in [1.165, 1.54) is 19.3 Å². The van der Waals surface area contributed by atoms with Gasteiger partial charge in [0.15, 0.2) is 6.23 Å². The number of methoxy groups -OCH3 is 1. The quantitative estimate of drug-likeness (QED) is 0.516. The molecule has 0 radical (unpaired) electrons. The van der Waals surface area contributed by atoms with Gasteiger partial charge >= 0.3 is 0 Å². The molecule has 3 rings (SSSR count). The number of carbonyl (C=O) groups is 1. The molecule has 1 amide bonds. The minimum absolute atomic E-state index is 0.359. The van der Waals surface area contributed by atoms with Crippen LogP contribution in [0.4, 0.5) is 0 Å². The molecule has 0 saturated carbocycles. The summed E-state index contributed by atoms with van der Waals surface area (Å²) < 4.78 is 9.30. The van der Waals surface area contributed by atoms with Crippen LogP contribution in [0.2, 0.25) is 0 Å². The van der Waals surface area contributed by atoms with E-state index in [1.54, 1.807) is 31.4 Å². The molecule has 5 nitrogen and oxygen atoms in total. The van der Waals surface area contributed by atoms with Crippen LogP contribution in [0.15, 0.2) is 24.3 Å². The van der Waals surface area contributed by atoms with Crippen LogP contribution in [0.3, 0.4) is 0 Å². The number of amides is 1. The zero-order chi connectivity index (χ0) is 20.1. The van der Waals surface area contributed by atoms with Crippen molar-refractivity contribution in [2.75, 3.05) is 26.8 Å². The van der Waals surface area contributed by atoms with Crippen LogP contribution < -0.4 is 10.1 Å². The molecule has 0 spiro atoms. The monoisotopic (exact) mass is 448 g/mol. The van der Waals surface area contributed by atoms with Gasteiger partial charge in [-0.1, -0.05) is 41.2 Å². The number of piperidine rings is 2. The lowest BCUT2D eigenvalue weighted by Crippen LogP contribution is -2.51. The van der Waals surface area contributed by atoms with Crippen molar-refractivity contribution < 1.29 is 14.3 Å². The Morgan fingerprint density at radius 3 is 2.57 bits per heavy atom. The Labute approximate surface area is 181 Å². The van der Waals surface area contributed by atoms with Gasteiger partial charge in [-0.2, -0.15) is 0 Å². The van der Waals surface area contributed by atoms with Crippen molar-refractivity contribution in [3.8, 4) is 5.75 Å². The number of nitrogens with one attached hydrogen (secondary N) is 1. The Balaban J connectivity index is 1.61. The number of carbonyl (C=O) groups excluding carboxylic acids is 1. The van der Waals surface area contributed by atoms with E-state index in [0.717, 1.165) is 25.9 Å². The summed E-state index contributed by atoms with van der Waals surface area (Å²) in [5.74, 6) is 0.698. The zero-order valence-electron chi connectivity index (χ0n) is 16.0. The van der Waals surface area contributed by atoms with Crippen molar-refractivity contribution in [2.24, 2.45) is 5.92 Å². The zero-order valence-corrected chi connectivity index (χ0v) is 18.3. The lowest BCUT2D eigenvalue weighted by atomic mass is 9.84. The van der Waals surface area contributed by atoms with E-state index in [2.05, 4.69) is 10.2 Å². The molecule has 2 aliphatic rings. The third kappa shape index (κ3) is 5.67. The molecule has 2 aliphatic heterocycles. The summed E-state index contributed by atoms with van der Waals surface area (Å²) in [4.78, 5) is 15.1. The summed E-state index contributed by atoms with van der Waals surface area (Å²) in [6, 6.07) is 7.25. The summed E-state index contributed by atoms with van der Waals surface area (Å²) >= 11 is 18.3. The third-order valence-electron chi connectivity index (χ3n) is 5.62. The smallest absolute Gasteiger partial charge is 0.253 e. The lowest BCUT2D eigenvalue weighted by molar-refractivity contribution is -0.0325. The van der Waals surface area contributed by atoms with Gasteiger partial charge < -0.3 is 19.7 Å². The Bertz CT molecular complexity index is 649. The van der Waals surface area contributed by atoms with E-state index in [0.29, 0.717) is 29.9 Å². The number of hydrogen-bond acceptors (Lipinski definition) is 4. The number of rotatable bonds is 6. The minimum Gasteiger partial charge on any atom is -0.497 e. The van der Waals surface area contributed by atoms with E-state index < -0.39 is 10.0 Å². The Morgan fingerprint density at radius 1 is 1.18 bits per heavy atom. The Hall–Kier alpha value is -0.720. The van der Waals surface area contributed by atoms with Gasteiger partial charge in [0.2, 0.25) is 3.79 Å². The molecule has 0 unspecified atom stereocenters. The van der Waals surface area contributed by atoms with Crippen LogP contribution in [0, 0.1) is 5.92 Å². The summed E-state index contributed by atoms with van der Waals surface area (Å²) in [7, 11) is 1.57. The molecule has 156 valence electrons. The van der Waals surface area contributed by atoms with Crippen molar-refractivity contribution in [1.29, 1.82) is 0 Å². The average Bonchev–Trinajstić information content (AvgIpc) is 2.70. The lowest BCUT2D eigenvalue weighted by Gasteiger charge is -2.44. The molecule has 0 aromatic heterocycles. The second kappa shape index (κ2) is 9.86. The van der Waals surface area contributed by atoms with Crippen LogP contribution in [0.25, 0.3) is 0 Å². The first-order valence-electron chi connectivity index (χ1n) is 9.76. The fraction of sp³-hybridized carbons (Fsp3) is 0.650. The fourth-order valence-electron chi connectivity index (χ4n) is 4.15. The highest BCUT2D eigenvalue weighted by molar-refractivity contribution is 6.68. The number of nitrogens with zero attached hydrogens (tertiary/aromatic N) is 1. The van der Waals surface area contributed by atoms with Crippen molar-refractivity contribution in [3.63, 3.8) is 0 Å². The van der Waals surface area contributed by atoms with Gasteiger partial charge in [-0.25, -0.2) is 0 Å². The van der Waals surface area contributed by atoms with E-state index in [1.807, 2.05) is 0 Å². The Kier molecular flexibility index (Phi) is 7.74. The molecular weight excluding hydrogens is 423 g/mol. The van der Waals surface area contributed by atoms with Gasteiger partial charge in [0, 0.05) is 11.6 Å².